The molecule has 0 radical (unpaired) electrons. The molecule has 0 aliphatic heterocycles. The minimum Gasteiger partial charge on any atom is -0.445 e. The van der Waals surface area contributed by atoms with Gasteiger partial charge in [-0.1, -0.05) is 30.3 Å². The van der Waals surface area contributed by atoms with Crippen molar-refractivity contribution in [2.45, 2.75) is 25.7 Å². The van der Waals surface area contributed by atoms with Gasteiger partial charge in [-0.05, 0) is 48.3 Å². The summed E-state index contributed by atoms with van der Waals surface area (Å²) in [5.74, 6) is 0.414. The van der Waals surface area contributed by atoms with Gasteiger partial charge < -0.3 is 15.0 Å². The number of nitrogens with one attached hydrogen (secondary N) is 2. The second-order valence-corrected chi connectivity index (χ2v) is 7.66. The van der Waals surface area contributed by atoms with Crippen LogP contribution in [0.5, 0.6) is 0 Å². The lowest BCUT2D eigenvalue weighted by molar-refractivity contribution is -0.137. The summed E-state index contributed by atoms with van der Waals surface area (Å²) >= 11 is 1.14. The molecule has 0 aliphatic rings. The van der Waals surface area contributed by atoms with Gasteiger partial charge in [0, 0.05) is 0 Å². The van der Waals surface area contributed by atoms with Gasteiger partial charge >= 0.3 is 12.3 Å². The van der Waals surface area contributed by atoms with Gasteiger partial charge in [0.25, 0.3) is 0 Å². The first-order valence-electron chi connectivity index (χ1n) is 9.31. The van der Waals surface area contributed by atoms with Crippen LogP contribution in [0.3, 0.4) is 0 Å². The standard InChI is InChI=1S/C21H17F3N4O2S/c1-12(25-20(29)30-11-13-5-3-2-4-6-13)16-10-18(31-28-16)19-26-15-8-7-14(21(22,23)24)9-17(15)27-19/h2-10,12H,11H2,1H3,(H,25,29)(H,26,27)/t12-/m1/s1. The fourth-order valence-corrected chi connectivity index (χ4v) is 3.69. The van der Waals surface area contributed by atoms with Crippen molar-refractivity contribution in [2.75, 3.05) is 0 Å². The maximum absolute atomic E-state index is 12.9. The Morgan fingerprint density at radius 1 is 1.19 bits per heavy atom. The van der Waals surface area contributed by atoms with E-state index in [4.69, 9.17) is 4.74 Å². The third-order valence-electron chi connectivity index (χ3n) is 4.56. The number of alkyl halides is 3. The van der Waals surface area contributed by atoms with Crippen LogP contribution in [0.1, 0.15) is 29.8 Å². The van der Waals surface area contributed by atoms with Gasteiger partial charge in [-0.25, -0.2) is 9.78 Å². The molecular formula is C21H17F3N4O2S. The van der Waals surface area contributed by atoms with Crippen LogP contribution in [0.15, 0.2) is 54.6 Å². The zero-order chi connectivity index (χ0) is 22.0. The molecule has 0 saturated heterocycles. The van der Waals surface area contributed by atoms with Crippen LogP contribution in [-0.2, 0) is 17.5 Å². The van der Waals surface area contributed by atoms with E-state index in [2.05, 4.69) is 19.7 Å². The number of aromatic amines is 1. The van der Waals surface area contributed by atoms with Gasteiger partial charge in [-0.3, -0.25) is 0 Å². The Bertz CT molecular complexity index is 1200. The summed E-state index contributed by atoms with van der Waals surface area (Å²) in [6, 6.07) is 14.0. The number of fused-ring (bicyclic) bond motifs is 1. The normalized spacial score (nSPS) is 12.6. The van der Waals surface area contributed by atoms with Gasteiger partial charge in [0.15, 0.2) is 0 Å². The predicted octanol–water partition coefficient (Wildman–Crippen LogP) is 5.69. The zero-order valence-corrected chi connectivity index (χ0v) is 17.1. The van der Waals surface area contributed by atoms with Crippen molar-refractivity contribution in [3.63, 3.8) is 0 Å². The number of benzene rings is 2. The van der Waals surface area contributed by atoms with Gasteiger partial charge in [0.2, 0.25) is 0 Å². The number of amides is 1. The molecule has 2 aromatic carbocycles. The quantitative estimate of drug-likeness (QED) is 0.413. The predicted molar refractivity (Wildman–Crippen MR) is 110 cm³/mol. The van der Waals surface area contributed by atoms with Crippen LogP contribution in [0, 0.1) is 0 Å². The van der Waals surface area contributed by atoms with E-state index in [0.717, 1.165) is 29.2 Å². The molecule has 0 saturated carbocycles. The van der Waals surface area contributed by atoms with E-state index in [9.17, 15) is 18.0 Å². The Morgan fingerprint density at radius 3 is 2.71 bits per heavy atom. The SMILES string of the molecule is C[C@@H](NC(=O)OCc1ccccc1)c1cc(-c2nc3ccc(C(F)(F)F)cc3[nH]2)sn1. The highest BCUT2D eigenvalue weighted by Gasteiger charge is 2.30. The summed E-state index contributed by atoms with van der Waals surface area (Å²) < 4.78 is 48.2. The zero-order valence-electron chi connectivity index (χ0n) is 16.2. The highest BCUT2D eigenvalue weighted by Crippen LogP contribution is 2.32. The number of halogens is 3. The Labute approximate surface area is 179 Å². The fourth-order valence-electron chi connectivity index (χ4n) is 2.92. The molecule has 31 heavy (non-hydrogen) atoms. The number of hydrogen-bond donors (Lipinski definition) is 2. The number of aromatic nitrogens is 3. The number of imidazole rings is 1. The molecule has 1 atom stereocenters. The average Bonchev–Trinajstić information content (AvgIpc) is 3.39. The van der Waals surface area contributed by atoms with E-state index in [-0.39, 0.29) is 12.1 Å². The average molecular weight is 446 g/mol. The van der Waals surface area contributed by atoms with E-state index in [1.54, 1.807) is 13.0 Å². The molecule has 2 heterocycles. The summed E-state index contributed by atoms with van der Waals surface area (Å²) in [4.78, 5) is 19.9. The molecule has 2 aromatic heterocycles. The number of alkyl carbamates (subject to hydrolysis) is 1. The smallest absolute Gasteiger partial charge is 0.416 e. The minimum atomic E-state index is -4.42. The molecule has 0 bridgehead atoms. The molecule has 0 aliphatic carbocycles. The molecule has 4 aromatic rings. The van der Waals surface area contributed by atoms with Gasteiger partial charge in [0.05, 0.1) is 33.2 Å². The Hall–Kier alpha value is -3.40. The Morgan fingerprint density at radius 2 is 1.97 bits per heavy atom. The van der Waals surface area contributed by atoms with Crippen LogP contribution in [0.4, 0.5) is 18.0 Å². The summed E-state index contributed by atoms with van der Waals surface area (Å²) in [7, 11) is 0. The number of H-pyrrole nitrogens is 1. The fraction of sp³-hybridized carbons (Fsp3) is 0.190. The molecule has 2 N–H and O–H groups in total. The first-order valence-corrected chi connectivity index (χ1v) is 10.1. The number of hydrogen-bond acceptors (Lipinski definition) is 5. The van der Waals surface area contributed by atoms with Crippen molar-refractivity contribution in [1.82, 2.24) is 19.7 Å². The van der Waals surface area contributed by atoms with Crippen LogP contribution < -0.4 is 5.32 Å². The van der Waals surface area contributed by atoms with E-state index in [0.29, 0.717) is 21.9 Å². The lowest BCUT2D eigenvalue weighted by Crippen LogP contribution is -2.27. The Balaban J connectivity index is 1.43. The maximum Gasteiger partial charge on any atom is 0.416 e. The summed E-state index contributed by atoms with van der Waals surface area (Å²) in [6.07, 6.45) is -5.00. The first kappa shape index (κ1) is 20.9. The number of ether oxygens (including phenoxy) is 1. The van der Waals surface area contributed by atoms with Crippen LogP contribution in [-0.4, -0.2) is 20.4 Å². The van der Waals surface area contributed by atoms with Crippen molar-refractivity contribution < 1.29 is 22.7 Å². The molecule has 0 unspecified atom stereocenters. The second-order valence-electron chi connectivity index (χ2n) is 6.86. The third-order valence-corrected chi connectivity index (χ3v) is 5.37. The van der Waals surface area contributed by atoms with Crippen molar-refractivity contribution in [1.29, 1.82) is 0 Å². The highest BCUT2D eigenvalue weighted by molar-refractivity contribution is 7.09. The van der Waals surface area contributed by atoms with E-state index in [1.807, 2.05) is 30.3 Å². The number of nitrogens with zero attached hydrogens (tertiary/aromatic N) is 2. The molecule has 160 valence electrons. The summed E-state index contributed by atoms with van der Waals surface area (Å²) in [5, 5.41) is 2.71. The maximum atomic E-state index is 12.9. The third kappa shape index (κ3) is 4.85. The second kappa shape index (κ2) is 8.38. The summed E-state index contributed by atoms with van der Waals surface area (Å²) in [5.41, 5.74) is 1.43. The monoisotopic (exact) mass is 446 g/mol. The largest absolute Gasteiger partial charge is 0.445 e. The lowest BCUT2D eigenvalue weighted by atomic mass is 10.2. The van der Waals surface area contributed by atoms with Gasteiger partial charge in [-0.2, -0.15) is 17.5 Å². The van der Waals surface area contributed by atoms with E-state index < -0.39 is 23.9 Å². The van der Waals surface area contributed by atoms with Crippen LogP contribution in [0.25, 0.3) is 21.7 Å². The topological polar surface area (TPSA) is 79.9 Å². The van der Waals surface area contributed by atoms with Crippen molar-refractivity contribution in [3.05, 3.63) is 71.4 Å². The van der Waals surface area contributed by atoms with E-state index >= 15 is 0 Å². The molecule has 0 spiro atoms. The van der Waals surface area contributed by atoms with Crippen molar-refractivity contribution in [2.24, 2.45) is 0 Å². The lowest BCUT2D eigenvalue weighted by Gasteiger charge is -2.11. The van der Waals surface area contributed by atoms with Crippen LogP contribution >= 0.6 is 11.5 Å². The minimum absolute atomic E-state index is 0.153. The van der Waals surface area contributed by atoms with Crippen molar-refractivity contribution in [3.8, 4) is 10.7 Å². The number of carbonyl (C=O) groups excluding carboxylic acids is 1. The molecule has 10 heteroatoms. The molecule has 0 fully saturated rings. The molecular weight excluding hydrogens is 429 g/mol. The first-order chi connectivity index (χ1) is 14.8. The van der Waals surface area contributed by atoms with Gasteiger partial charge in [-0.15, -0.1) is 0 Å². The van der Waals surface area contributed by atoms with Crippen molar-refractivity contribution >= 4 is 28.7 Å². The van der Waals surface area contributed by atoms with Gasteiger partial charge in [0.1, 0.15) is 12.4 Å². The van der Waals surface area contributed by atoms with Crippen LogP contribution in [0.2, 0.25) is 0 Å². The number of carbonyl (C=O) groups is 1. The Kier molecular flexibility index (Phi) is 5.64. The molecule has 1 amide bonds. The van der Waals surface area contributed by atoms with E-state index in [1.165, 1.54) is 6.07 Å². The highest BCUT2D eigenvalue weighted by atomic mass is 32.1. The summed E-state index contributed by atoms with van der Waals surface area (Å²) in [6.45, 7) is 1.91. The number of rotatable bonds is 5. The molecule has 4 rings (SSSR count). The molecule has 6 nitrogen and oxygen atoms in total.